The zero-order chi connectivity index (χ0) is 15.4. The maximum absolute atomic E-state index is 10.9. The first-order valence-corrected chi connectivity index (χ1v) is 5.73. The third-order valence-corrected chi connectivity index (χ3v) is 2.04. The number of nitrogens with one attached hydrogen (secondary N) is 2. The Hall–Kier alpha value is -2.48. The predicted octanol–water partition coefficient (Wildman–Crippen LogP) is -0.537. The van der Waals surface area contributed by atoms with Crippen LogP contribution in [-0.2, 0) is 20.9 Å². The van der Waals surface area contributed by atoms with Gasteiger partial charge in [-0.3, -0.25) is 9.78 Å². The monoisotopic (exact) mass is 283 g/mol. The van der Waals surface area contributed by atoms with Gasteiger partial charge in [-0.15, -0.1) is 0 Å². The largest absolute Gasteiger partial charge is 0.473 e. The van der Waals surface area contributed by atoms with Gasteiger partial charge in [-0.2, -0.15) is 0 Å². The summed E-state index contributed by atoms with van der Waals surface area (Å²) in [5.41, 5.74) is 1.13. The Morgan fingerprint density at radius 2 is 1.90 bits per heavy atom. The summed E-state index contributed by atoms with van der Waals surface area (Å²) in [7, 11) is 1.64. The summed E-state index contributed by atoms with van der Waals surface area (Å²) < 4.78 is 0. The van der Waals surface area contributed by atoms with Crippen molar-refractivity contribution in [2.75, 3.05) is 13.6 Å². The Bertz CT molecular complexity index is 424. The fourth-order valence-electron chi connectivity index (χ4n) is 1.06. The molecule has 1 rings (SSSR count). The fourth-order valence-corrected chi connectivity index (χ4v) is 1.06. The van der Waals surface area contributed by atoms with Crippen LogP contribution in [0.4, 0.5) is 0 Å². The molecule has 0 bridgehead atoms. The minimum Gasteiger partial charge on any atom is -0.473 e. The van der Waals surface area contributed by atoms with Gasteiger partial charge in [0, 0.05) is 39.0 Å². The molecule has 0 saturated heterocycles. The van der Waals surface area contributed by atoms with E-state index < -0.39 is 11.9 Å². The van der Waals surface area contributed by atoms with Crippen LogP contribution < -0.4 is 10.6 Å². The fraction of sp³-hybridized carbons (Fsp3) is 0.333. The van der Waals surface area contributed by atoms with E-state index in [4.69, 9.17) is 19.8 Å². The lowest BCUT2D eigenvalue weighted by Crippen LogP contribution is -2.24. The van der Waals surface area contributed by atoms with Gasteiger partial charge in [-0.05, 0) is 11.6 Å². The number of aromatic nitrogens is 1. The molecule has 1 aromatic heterocycles. The van der Waals surface area contributed by atoms with Crippen LogP contribution in [-0.4, -0.2) is 46.6 Å². The zero-order valence-electron chi connectivity index (χ0n) is 11.0. The van der Waals surface area contributed by atoms with E-state index in [1.54, 1.807) is 13.2 Å². The van der Waals surface area contributed by atoms with Crippen molar-refractivity contribution < 1.29 is 24.6 Å². The number of amides is 1. The Kier molecular flexibility index (Phi) is 9.15. The molecule has 8 heteroatoms. The highest BCUT2D eigenvalue weighted by Crippen LogP contribution is 1.93. The van der Waals surface area contributed by atoms with Crippen LogP contribution in [0.3, 0.4) is 0 Å². The van der Waals surface area contributed by atoms with Gasteiger partial charge in [0.1, 0.15) is 0 Å². The van der Waals surface area contributed by atoms with Crippen molar-refractivity contribution >= 4 is 17.8 Å². The minimum absolute atomic E-state index is 0.0590. The predicted molar refractivity (Wildman–Crippen MR) is 69.9 cm³/mol. The molecular formula is C12H17N3O5. The molecule has 0 radical (unpaired) electrons. The molecule has 0 aliphatic carbocycles. The van der Waals surface area contributed by atoms with Gasteiger partial charge in [0.2, 0.25) is 5.91 Å². The smallest absolute Gasteiger partial charge is 0.414 e. The van der Waals surface area contributed by atoms with Crippen molar-refractivity contribution in [2.24, 2.45) is 0 Å². The van der Waals surface area contributed by atoms with Gasteiger partial charge in [0.05, 0.1) is 0 Å². The molecule has 0 aliphatic rings. The Morgan fingerprint density at radius 1 is 1.25 bits per heavy atom. The summed E-state index contributed by atoms with van der Waals surface area (Å²) in [4.78, 5) is 33.1. The van der Waals surface area contributed by atoms with Crippen LogP contribution in [0.5, 0.6) is 0 Å². The lowest BCUT2D eigenvalue weighted by atomic mass is 10.3. The number of hydrogen-bond donors (Lipinski definition) is 4. The van der Waals surface area contributed by atoms with E-state index >= 15 is 0 Å². The summed E-state index contributed by atoms with van der Waals surface area (Å²) in [6.07, 6.45) is 4.07. The molecule has 8 nitrogen and oxygen atoms in total. The first kappa shape index (κ1) is 17.5. The summed E-state index contributed by atoms with van der Waals surface area (Å²) in [5.74, 6) is -3.59. The van der Waals surface area contributed by atoms with Crippen molar-refractivity contribution in [3.8, 4) is 0 Å². The van der Waals surface area contributed by atoms with E-state index in [2.05, 4.69) is 15.6 Å². The summed E-state index contributed by atoms with van der Waals surface area (Å²) in [6.45, 7) is 1.44. The lowest BCUT2D eigenvalue weighted by molar-refractivity contribution is -0.159. The average Bonchev–Trinajstić information content (AvgIpc) is 2.45. The molecule has 4 N–H and O–H groups in total. The van der Waals surface area contributed by atoms with E-state index in [9.17, 15) is 4.79 Å². The number of pyridine rings is 1. The SMILES string of the molecule is CNC(=O)CCNCc1cccnc1.O=C(O)C(=O)O. The molecule has 0 unspecified atom stereocenters. The molecule has 0 atom stereocenters. The molecule has 0 aliphatic heterocycles. The second-order valence-corrected chi connectivity index (χ2v) is 3.57. The Balaban J connectivity index is 0.000000511. The third kappa shape index (κ3) is 9.54. The van der Waals surface area contributed by atoms with Crippen LogP contribution in [0.25, 0.3) is 0 Å². The molecule has 0 saturated carbocycles. The second-order valence-electron chi connectivity index (χ2n) is 3.57. The van der Waals surface area contributed by atoms with Crippen molar-refractivity contribution in [2.45, 2.75) is 13.0 Å². The van der Waals surface area contributed by atoms with Gasteiger partial charge in [-0.25, -0.2) is 9.59 Å². The highest BCUT2D eigenvalue weighted by atomic mass is 16.4. The Morgan fingerprint density at radius 3 is 2.35 bits per heavy atom. The number of carboxylic acids is 2. The van der Waals surface area contributed by atoms with Crippen LogP contribution in [0.1, 0.15) is 12.0 Å². The normalized spacial score (nSPS) is 9.05. The summed E-state index contributed by atoms with van der Waals surface area (Å²) in [6, 6.07) is 3.90. The molecular weight excluding hydrogens is 266 g/mol. The molecule has 1 heterocycles. The number of aliphatic carboxylic acids is 2. The summed E-state index contributed by atoms with van der Waals surface area (Å²) >= 11 is 0. The zero-order valence-corrected chi connectivity index (χ0v) is 11.0. The molecule has 110 valence electrons. The van der Waals surface area contributed by atoms with E-state index in [-0.39, 0.29) is 5.91 Å². The molecule has 20 heavy (non-hydrogen) atoms. The van der Waals surface area contributed by atoms with Crippen molar-refractivity contribution in [1.82, 2.24) is 15.6 Å². The van der Waals surface area contributed by atoms with Gasteiger partial charge in [0.15, 0.2) is 0 Å². The summed E-state index contributed by atoms with van der Waals surface area (Å²) in [5, 5.41) is 20.5. The van der Waals surface area contributed by atoms with E-state index in [1.165, 1.54) is 0 Å². The van der Waals surface area contributed by atoms with E-state index in [0.29, 0.717) is 13.0 Å². The maximum Gasteiger partial charge on any atom is 0.414 e. The molecule has 1 aromatic rings. The van der Waals surface area contributed by atoms with Crippen molar-refractivity contribution in [3.63, 3.8) is 0 Å². The minimum atomic E-state index is -1.82. The van der Waals surface area contributed by atoms with Crippen molar-refractivity contribution in [3.05, 3.63) is 30.1 Å². The van der Waals surface area contributed by atoms with Crippen LogP contribution in [0.2, 0.25) is 0 Å². The topological polar surface area (TPSA) is 129 Å². The number of hydrogen-bond acceptors (Lipinski definition) is 5. The standard InChI is InChI=1S/C10H15N3O.C2H2O4/c1-11-10(14)4-6-13-8-9-3-2-5-12-7-9;3-1(4)2(5)6/h2-3,5,7,13H,4,6,8H2,1H3,(H,11,14);(H,3,4)(H,5,6). The van der Waals surface area contributed by atoms with Crippen molar-refractivity contribution in [1.29, 1.82) is 0 Å². The highest BCUT2D eigenvalue weighted by Gasteiger charge is 2.04. The first-order chi connectivity index (χ1) is 9.47. The van der Waals surface area contributed by atoms with E-state index in [0.717, 1.165) is 12.1 Å². The maximum atomic E-state index is 10.9. The molecule has 0 spiro atoms. The first-order valence-electron chi connectivity index (χ1n) is 5.73. The number of carbonyl (C=O) groups excluding carboxylic acids is 1. The molecule has 0 aromatic carbocycles. The van der Waals surface area contributed by atoms with Gasteiger partial charge >= 0.3 is 11.9 Å². The quantitative estimate of drug-likeness (QED) is 0.422. The average molecular weight is 283 g/mol. The van der Waals surface area contributed by atoms with Crippen LogP contribution >= 0.6 is 0 Å². The van der Waals surface area contributed by atoms with Crippen LogP contribution in [0.15, 0.2) is 24.5 Å². The third-order valence-electron chi connectivity index (χ3n) is 2.04. The second kappa shape index (κ2) is 10.4. The van der Waals surface area contributed by atoms with Gasteiger partial charge in [0.25, 0.3) is 0 Å². The van der Waals surface area contributed by atoms with Gasteiger partial charge in [-0.1, -0.05) is 6.07 Å². The number of carbonyl (C=O) groups is 3. The highest BCUT2D eigenvalue weighted by molar-refractivity contribution is 6.27. The molecule has 0 fully saturated rings. The lowest BCUT2D eigenvalue weighted by Gasteiger charge is -2.03. The van der Waals surface area contributed by atoms with Gasteiger partial charge < -0.3 is 20.8 Å². The number of nitrogens with zero attached hydrogens (tertiary/aromatic N) is 1. The number of rotatable bonds is 5. The van der Waals surface area contributed by atoms with Crippen LogP contribution in [0, 0.1) is 0 Å². The Labute approximate surface area is 115 Å². The molecule has 1 amide bonds. The number of carboxylic acid groups (broad SMARTS) is 2. The van der Waals surface area contributed by atoms with E-state index in [1.807, 2.05) is 18.3 Å².